The van der Waals surface area contributed by atoms with Gasteiger partial charge in [0.15, 0.2) is 0 Å². The lowest BCUT2D eigenvalue weighted by atomic mass is 9.86. The number of carboxylic acid groups (broad SMARTS) is 1. The van der Waals surface area contributed by atoms with Gasteiger partial charge in [0, 0.05) is 24.9 Å². The summed E-state index contributed by atoms with van der Waals surface area (Å²) < 4.78 is 28.8. The molecule has 4 amide bonds. The third-order valence-electron chi connectivity index (χ3n) is 9.16. The van der Waals surface area contributed by atoms with Gasteiger partial charge in [-0.25, -0.2) is 22.7 Å². The Hall–Kier alpha value is -4.27. The van der Waals surface area contributed by atoms with E-state index in [0.717, 1.165) is 16.0 Å². The van der Waals surface area contributed by atoms with Crippen molar-refractivity contribution in [2.45, 2.75) is 80.7 Å². The molecule has 0 aromatic heterocycles. The van der Waals surface area contributed by atoms with Gasteiger partial charge in [-0.05, 0) is 41.5 Å². The van der Waals surface area contributed by atoms with Crippen LogP contribution >= 0.6 is 0 Å². The van der Waals surface area contributed by atoms with Gasteiger partial charge < -0.3 is 31.1 Å². The fourth-order valence-electron chi connectivity index (χ4n) is 6.47. The molecular weight excluding hydrogens is 626 g/mol. The summed E-state index contributed by atoms with van der Waals surface area (Å²) >= 11 is 0. The highest BCUT2D eigenvalue weighted by atomic mass is 32.2. The maximum absolute atomic E-state index is 13.9. The Morgan fingerprint density at radius 1 is 1.06 bits per heavy atom. The average Bonchev–Trinajstić information content (AvgIpc) is 3.43. The van der Waals surface area contributed by atoms with Crippen molar-refractivity contribution in [2.75, 3.05) is 6.54 Å². The SMILES string of the molecule is C=CC1C[C@]1(NC(=O)[C@@H]1C[C@@H](NS(=O)(=O)c2ccccc2)CN1C(=O)N[C@H](C(=O)NC1c2ccccc2C[C@H]1O)C(C)(C)C)C(=O)O. The Balaban J connectivity index is 1.38. The molecule has 0 bridgehead atoms. The predicted octanol–water partition coefficient (Wildman–Crippen LogP) is 1.45. The van der Waals surface area contributed by atoms with E-state index < -0.39 is 81.0 Å². The van der Waals surface area contributed by atoms with E-state index in [0.29, 0.717) is 6.42 Å². The molecule has 7 atom stereocenters. The summed E-state index contributed by atoms with van der Waals surface area (Å²) in [5.74, 6) is -3.07. The first-order chi connectivity index (χ1) is 22.1. The number of aliphatic carboxylic acids is 1. The Morgan fingerprint density at radius 2 is 1.72 bits per heavy atom. The van der Waals surface area contributed by atoms with Crippen molar-refractivity contribution in [1.82, 2.24) is 25.6 Å². The lowest BCUT2D eigenvalue weighted by Crippen LogP contribution is -2.60. The monoisotopic (exact) mass is 667 g/mol. The van der Waals surface area contributed by atoms with Crippen molar-refractivity contribution in [2.24, 2.45) is 11.3 Å². The number of sulfonamides is 1. The highest BCUT2D eigenvalue weighted by molar-refractivity contribution is 7.89. The molecule has 1 saturated carbocycles. The minimum atomic E-state index is -4.03. The molecule has 2 unspecified atom stereocenters. The van der Waals surface area contributed by atoms with E-state index in [1.807, 2.05) is 24.3 Å². The number of fused-ring (bicyclic) bond motifs is 1. The molecule has 1 saturated heterocycles. The van der Waals surface area contributed by atoms with E-state index in [4.69, 9.17) is 0 Å². The van der Waals surface area contributed by atoms with Crippen LogP contribution in [-0.4, -0.2) is 83.7 Å². The largest absolute Gasteiger partial charge is 0.479 e. The lowest BCUT2D eigenvalue weighted by Gasteiger charge is -2.34. The van der Waals surface area contributed by atoms with Crippen molar-refractivity contribution >= 4 is 33.8 Å². The van der Waals surface area contributed by atoms with Gasteiger partial charge in [-0.1, -0.05) is 69.3 Å². The summed E-state index contributed by atoms with van der Waals surface area (Å²) in [4.78, 5) is 54.5. The van der Waals surface area contributed by atoms with Crippen LogP contribution in [0.15, 0.2) is 72.1 Å². The number of hydrogen-bond donors (Lipinski definition) is 6. The van der Waals surface area contributed by atoms with Gasteiger partial charge in [0.2, 0.25) is 21.8 Å². The zero-order chi connectivity index (χ0) is 34.3. The maximum Gasteiger partial charge on any atom is 0.330 e. The van der Waals surface area contributed by atoms with E-state index in [1.54, 1.807) is 39.0 Å². The molecule has 47 heavy (non-hydrogen) atoms. The number of amides is 4. The minimum absolute atomic E-state index is 0.000630. The fraction of sp³-hybridized carbons (Fsp3) is 0.455. The number of aliphatic hydroxyl groups is 1. The van der Waals surface area contributed by atoms with Gasteiger partial charge in [0.05, 0.1) is 17.0 Å². The second-order valence-electron chi connectivity index (χ2n) is 13.6. The molecule has 0 radical (unpaired) electrons. The first kappa shape index (κ1) is 34.1. The summed E-state index contributed by atoms with van der Waals surface area (Å²) in [6.07, 6.45) is 0.931. The minimum Gasteiger partial charge on any atom is -0.479 e. The first-order valence-electron chi connectivity index (χ1n) is 15.5. The second kappa shape index (κ2) is 12.7. The van der Waals surface area contributed by atoms with Crippen LogP contribution in [0.3, 0.4) is 0 Å². The zero-order valence-electron chi connectivity index (χ0n) is 26.5. The van der Waals surface area contributed by atoms with Crippen LogP contribution in [0, 0.1) is 11.3 Å². The van der Waals surface area contributed by atoms with Crippen LogP contribution in [0.5, 0.6) is 0 Å². The number of carbonyl (C=O) groups excluding carboxylic acids is 3. The molecule has 5 rings (SSSR count). The summed E-state index contributed by atoms with van der Waals surface area (Å²) in [7, 11) is -4.03. The van der Waals surface area contributed by atoms with E-state index in [2.05, 4.69) is 27.3 Å². The molecule has 14 heteroatoms. The zero-order valence-corrected chi connectivity index (χ0v) is 27.3. The van der Waals surface area contributed by atoms with E-state index in [-0.39, 0.29) is 24.3 Å². The van der Waals surface area contributed by atoms with Gasteiger partial charge in [-0.15, -0.1) is 6.58 Å². The Bertz CT molecular complexity index is 1680. The number of urea groups is 1. The van der Waals surface area contributed by atoms with E-state index in [1.165, 1.54) is 18.2 Å². The molecule has 252 valence electrons. The number of nitrogens with zero attached hydrogens (tertiary/aromatic N) is 1. The quantitative estimate of drug-likeness (QED) is 0.205. The number of carbonyl (C=O) groups is 4. The van der Waals surface area contributed by atoms with Crippen molar-refractivity contribution in [3.8, 4) is 0 Å². The smallest absolute Gasteiger partial charge is 0.330 e. The van der Waals surface area contributed by atoms with Gasteiger partial charge in [-0.2, -0.15) is 0 Å². The molecular formula is C33H41N5O8S. The molecule has 13 nitrogen and oxygen atoms in total. The first-order valence-corrected chi connectivity index (χ1v) is 16.9. The molecule has 3 aliphatic rings. The summed E-state index contributed by atoms with van der Waals surface area (Å²) in [5, 5.41) is 28.7. The molecule has 2 fully saturated rings. The number of rotatable bonds is 10. The third kappa shape index (κ3) is 6.90. The molecule has 0 spiro atoms. The lowest BCUT2D eigenvalue weighted by molar-refractivity contribution is -0.144. The highest BCUT2D eigenvalue weighted by Gasteiger charge is 2.61. The van der Waals surface area contributed by atoms with E-state index >= 15 is 0 Å². The molecule has 6 N–H and O–H groups in total. The third-order valence-corrected chi connectivity index (χ3v) is 10.7. The predicted molar refractivity (Wildman–Crippen MR) is 171 cm³/mol. The number of hydrogen-bond acceptors (Lipinski definition) is 7. The number of benzene rings is 2. The van der Waals surface area contributed by atoms with Crippen molar-refractivity contribution < 1.29 is 37.8 Å². The number of nitrogens with one attached hydrogen (secondary N) is 4. The second-order valence-corrected chi connectivity index (χ2v) is 15.3. The van der Waals surface area contributed by atoms with Gasteiger partial charge >= 0.3 is 12.0 Å². The van der Waals surface area contributed by atoms with Gasteiger partial charge in [0.25, 0.3) is 0 Å². The number of aliphatic hydroxyl groups excluding tert-OH is 1. The Morgan fingerprint density at radius 3 is 2.34 bits per heavy atom. The molecule has 2 aromatic carbocycles. The summed E-state index contributed by atoms with van der Waals surface area (Å²) in [6, 6.07) is 10.2. The summed E-state index contributed by atoms with van der Waals surface area (Å²) in [5.41, 5.74) is -0.713. The highest BCUT2D eigenvalue weighted by Crippen LogP contribution is 2.45. The fourth-order valence-corrected chi connectivity index (χ4v) is 7.73. The molecule has 1 heterocycles. The molecule has 1 aliphatic heterocycles. The normalized spacial score (nSPS) is 27.3. The number of likely N-dealkylation sites (tertiary alicyclic amines) is 1. The average molecular weight is 668 g/mol. The van der Waals surface area contributed by atoms with Crippen molar-refractivity contribution in [3.05, 3.63) is 78.4 Å². The standard InChI is InChI=1S/C33H41N5O8S/c1-5-20-17-33(20,30(42)43)36-28(40)24-16-21(37-47(45,46)22-12-7-6-8-13-22)18-38(24)31(44)35-27(32(2,3)4)29(41)34-26-23-14-10-9-11-19(23)15-25(26)39/h5-14,20-21,24-27,37,39H,1,15-18H2,2-4H3,(H,34,41)(H,35,44)(H,36,40)(H,42,43)/t20?,21-,24+,25-,26?,27-,33-/m1/s1. The Kier molecular flexibility index (Phi) is 9.23. The van der Waals surface area contributed by atoms with Crippen LogP contribution < -0.4 is 20.7 Å². The molecule has 2 aromatic rings. The van der Waals surface area contributed by atoms with Crippen LogP contribution in [0.2, 0.25) is 0 Å². The van der Waals surface area contributed by atoms with Crippen LogP contribution in [0.25, 0.3) is 0 Å². The van der Waals surface area contributed by atoms with Crippen LogP contribution in [0.4, 0.5) is 4.79 Å². The van der Waals surface area contributed by atoms with E-state index in [9.17, 15) is 37.8 Å². The molecule has 2 aliphatic carbocycles. The maximum atomic E-state index is 13.9. The number of carboxylic acids is 1. The van der Waals surface area contributed by atoms with Gasteiger partial charge in [0.1, 0.15) is 17.6 Å². The topological polar surface area (TPSA) is 194 Å². The summed E-state index contributed by atoms with van der Waals surface area (Å²) in [6.45, 7) is 8.66. The Labute approximate surface area is 273 Å². The van der Waals surface area contributed by atoms with Crippen LogP contribution in [0.1, 0.15) is 50.8 Å². The van der Waals surface area contributed by atoms with Gasteiger partial charge in [-0.3, -0.25) is 9.59 Å². The van der Waals surface area contributed by atoms with Crippen molar-refractivity contribution in [3.63, 3.8) is 0 Å². The van der Waals surface area contributed by atoms with Crippen molar-refractivity contribution in [1.29, 1.82) is 0 Å². The van der Waals surface area contributed by atoms with Crippen LogP contribution in [-0.2, 0) is 30.8 Å².